The monoisotopic (exact) mass is 406 g/mol. The second-order valence-electron chi connectivity index (χ2n) is 6.48. The third-order valence-electron chi connectivity index (χ3n) is 4.29. The summed E-state index contributed by atoms with van der Waals surface area (Å²) < 4.78 is 11.0. The second-order valence-corrected chi connectivity index (χ2v) is 6.48. The van der Waals surface area contributed by atoms with E-state index in [0.29, 0.717) is 29.5 Å². The lowest BCUT2D eigenvalue weighted by Gasteiger charge is -2.12. The van der Waals surface area contributed by atoms with Crippen LogP contribution in [0.5, 0.6) is 11.6 Å². The molecule has 0 aliphatic rings. The predicted molar refractivity (Wildman–Crippen MR) is 112 cm³/mol. The summed E-state index contributed by atoms with van der Waals surface area (Å²) in [5.74, 6) is 0.0524. The molecule has 2 aromatic heterocycles. The third kappa shape index (κ3) is 5.32. The van der Waals surface area contributed by atoms with Gasteiger partial charge in [-0.15, -0.1) is 0 Å². The molecule has 0 saturated carbocycles. The predicted octanol–water partition coefficient (Wildman–Crippen LogP) is 3.11. The van der Waals surface area contributed by atoms with Crippen molar-refractivity contribution in [3.8, 4) is 11.6 Å². The number of aryl methyl sites for hydroxylation is 1. The van der Waals surface area contributed by atoms with E-state index in [-0.39, 0.29) is 18.1 Å². The van der Waals surface area contributed by atoms with Gasteiger partial charge >= 0.3 is 0 Å². The van der Waals surface area contributed by atoms with Crippen LogP contribution in [0.2, 0.25) is 0 Å². The first-order valence-corrected chi connectivity index (χ1v) is 9.33. The summed E-state index contributed by atoms with van der Waals surface area (Å²) in [5, 5.41) is 2.85. The smallest absolute Gasteiger partial charge is 0.257 e. The highest BCUT2D eigenvalue weighted by molar-refractivity contribution is 6.04. The molecule has 3 rings (SSSR count). The van der Waals surface area contributed by atoms with Crippen LogP contribution in [-0.2, 0) is 6.61 Å². The molecule has 0 radical (unpaired) electrons. The van der Waals surface area contributed by atoms with Crippen LogP contribution in [0.15, 0.2) is 55.0 Å². The van der Waals surface area contributed by atoms with E-state index in [0.717, 1.165) is 11.1 Å². The maximum Gasteiger partial charge on any atom is 0.257 e. The molecule has 1 aromatic carbocycles. The van der Waals surface area contributed by atoms with Crippen molar-refractivity contribution < 1.29 is 19.1 Å². The zero-order valence-corrected chi connectivity index (χ0v) is 16.7. The van der Waals surface area contributed by atoms with E-state index >= 15 is 0 Å². The normalized spacial score (nSPS) is 10.3. The van der Waals surface area contributed by atoms with Crippen LogP contribution in [0.1, 0.15) is 38.8 Å². The summed E-state index contributed by atoms with van der Waals surface area (Å²) in [5.41, 5.74) is 8.46. The van der Waals surface area contributed by atoms with E-state index in [1.807, 2.05) is 32.0 Å². The Bertz CT molecular complexity index is 1050. The second kappa shape index (κ2) is 9.51. The van der Waals surface area contributed by atoms with E-state index in [1.54, 1.807) is 12.1 Å². The molecule has 0 aliphatic heterocycles. The van der Waals surface area contributed by atoms with Gasteiger partial charge in [0.15, 0.2) is 0 Å². The quantitative estimate of drug-likeness (QED) is 0.594. The van der Waals surface area contributed by atoms with E-state index < -0.39 is 5.91 Å². The first-order chi connectivity index (χ1) is 14.5. The van der Waals surface area contributed by atoms with E-state index in [4.69, 9.17) is 15.2 Å². The number of amides is 2. The Morgan fingerprint density at radius 1 is 1.03 bits per heavy atom. The summed E-state index contributed by atoms with van der Waals surface area (Å²) >= 11 is 0. The first kappa shape index (κ1) is 20.8. The van der Waals surface area contributed by atoms with Crippen molar-refractivity contribution in [1.29, 1.82) is 0 Å². The molecule has 0 saturated heterocycles. The Morgan fingerprint density at radius 2 is 1.87 bits per heavy atom. The van der Waals surface area contributed by atoms with E-state index in [2.05, 4.69) is 15.3 Å². The Labute approximate surface area is 174 Å². The van der Waals surface area contributed by atoms with Gasteiger partial charge in [0.25, 0.3) is 5.91 Å². The molecular formula is C22H22N4O4. The Kier molecular flexibility index (Phi) is 6.59. The van der Waals surface area contributed by atoms with Crippen molar-refractivity contribution in [2.24, 2.45) is 5.73 Å². The van der Waals surface area contributed by atoms with Crippen LogP contribution in [0.25, 0.3) is 0 Å². The molecule has 0 fully saturated rings. The van der Waals surface area contributed by atoms with Gasteiger partial charge in [-0.05, 0) is 49.2 Å². The molecule has 30 heavy (non-hydrogen) atoms. The number of nitrogens with two attached hydrogens (primary N) is 1. The number of carbonyl (C=O) groups excluding carboxylic acids is 2. The van der Waals surface area contributed by atoms with Crippen LogP contribution < -0.4 is 20.5 Å². The maximum atomic E-state index is 12.5. The van der Waals surface area contributed by atoms with E-state index in [9.17, 15) is 9.59 Å². The molecule has 2 heterocycles. The van der Waals surface area contributed by atoms with Gasteiger partial charge in [-0.3, -0.25) is 14.6 Å². The zero-order valence-electron chi connectivity index (χ0n) is 16.7. The molecule has 8 nitrogen and oxygen atoms in total. The van der Waals surface area contributed by atoms with Crippen molar-refractivity contribution in [1.82, 2.24) is 9.97 Å². The minimum atomic E-state index is -0.572. The molecule has 0 atom stereocenters. The number of hydrogen-bond acceptors (Lipinski definition) is 6. The number of aromatic nitrogens is 2. The van der Waals surface area contributed by atoms with Gasteiger partial charge in [0.2, 0.25) is 11.8 Å². The lowest BCUT2D eigenvalue weighted by molar-refractivity contribution is 0.0996. The first-order valence-electron chi connectivity index (χ1n) is 9.33. The lowest BCUT2D eigenvalue weighted by Crippen LogP contribution is -2.13. The number of primary amides is 1. The minimum absolute atomic E-state index is 0.240. The fraction of sp³-hybridized carbons (Fsp3) is 0.182. The number of nitrogens with one attached hydrogen (secondary N) is 1. The molecular weight excluding hydrogens is 384 g/mol. The van der Waals surface area contributed by atoms with Gasteiger partial charge in [-0.2, -0.15) is 0 Å². The average Bonchev–Trinajstić information content (AvgIpc) is 2.75. The fourth-order valence-electron chi connectivity index (χ4n) is 2.65. The van der Waals surface area contributed by atoms with E-state index in [1.165, 1.54) is 24.7 Å². The number of ether oxygens (including phenoxy) is 2. The lowest BCUT2D eigenvalue weighted by atomic mass is 10.1. The van der Waals surface area contributed by atoms with Gasteiger partial charge in [0.05, 0.1) is 23.9 Å². The van der Waals surface area contributed by atoms with Gasteiger partial charge in [0, 0.05) is 24.1 Å². The number of carbonyl (C=O) groups is 2. The summed E-state index contributed by atoms with van der Waals surface area (Å²) in [4.78, 5) is 31.8. The number of pyridine rings is 2. The maximum absolute atomic E-state index is 12.5. The summed E-state index contributed by atoms with van der Waals surface area (Å²) in [6.45, 7) is 4.56. The standard InChI is InChI=1S/C22H22N4O4/c1-3-29-20-7-5-15(11-25-20)22(28)26-18-6-4-14(2)17(8-18)13-30-19-9-16(21(23)27)10-24-12-19/h4-12H,3,13H2,1-2H3,(H2,23,27)(H,26,28). The van der Waals surface area contributed by atoms with Gasteiger partial charge in [-0.1, -0.05) is 6.07 Å². The number of rotatable bonds is 8. The van der Waals surface area contributed by atoms with Gasteiger partial charge in [-0.25, -0.2) is 4.98 Å². The van der Waals surface area contributed by atoms with Crippen molar-refractivity contribution in [3.05, 3.63) is 77.2 Å². The van der Waals surface area contributed by atoms with Crippen molar-refractivity contribution in [3.63, 3.8) is 0 Å². The highest BCUT2D eigenvalue weighted by atomic mass is 16.5. The topological polar surface area (TPSA) is 116 Å². The van der Waals surface area contributed by atoms with Crippen LogP contribution in [0, 0.1) is 6.92 Å². The molecule has 0 bridgehead atoms. The number of nitrogens with zero attached hydrogens (tertiary/aromatic N) is 2. The third-order valence-corrected chi connectivity index (χ3v) is 4.29. The molecule has 2 amide bonds. The van der Waals surface area contributed by atoms with Crippen molar-refractivity contribution >= 4 is 17.5 Å². The zero-order chi connectivity index (χ0) is 21.5. The Hall–Kier alpha value is -3.94. The Morgan fingerprint density at radius 3 is 2.57 bits per heavy atom. The fourth-order valence-corrected chi connectivity index (χ4v) is 2.65. The van der Waals surface area contributed by atoms with Crippen molar-refractivity contribution in [2.45, 2.75) is 20.5 Å². The van der Waals surface area contributed by atoms with Crippen LogP contribution >= 0.6 is 0 Å². The largest absolute Gasteiger partial charge is 0.487 e. The SMILES string of the molecule is CCOc1ccc(C(=O)Nc2ccc(C)c(COc3cncc(C(N)=O)c3)c2)cn1. The molecule has 0 aliphatic carbocycles. The number of anilines is 1. The molecule has 3 N–H and O–H groups in total. The van der Waals surface area contributed by atoms with Crippen LogP contribution in [-0.4, -0.2) is 28.4 Å². The van der Waals surface area contributed by atoms with Crippen LogP contribution in [0.3, 0.4) is 0 Å². The minimum Gasteiger partial charge on any atom is -0.487 e. The average molecular weight is 406 g/mol. The van der Waals surface area contributed by atoms with Gasteiger partial charge < -0.3 is 20.5 Å². The summed E-state index contributed by atoms with van der Waals surface area (Å²) in [6, 6.07) is 10.4. The van der Waals surface area contributed by atoms with Gasteiger partial charge in [0.1, 0.15) is 12.4 Å². The molecule has 8 heteroatoms. The molecule has 3 aromatic rings. The molecule has 154 valence electrons. The number of hydrogen-bond donors (Lipinski definition) is 2. The molecule has 0 unspecified atom stereocenters. The molecule has 0 spiro atoms. The highest BCUT2D eigenvalue weighted by Gasteiger charge is 2.10. The number of benzene rings is 1. The summed E-state index contributed by atoms with van der Waals surface area (Å²) in [7, 11) is 0. The highest BCUT2D eigenvalue weighted by Crippen LogP contribution is 2.20. The Balaban J connectivity index is 1.68. The van der Waals surface area contributed by atoms with Crippen LogP contribution in [0.4, 0.5) is 5.69 Å². The van der Waals surface area contributed by atoms with Crippen molar-refractivity contribution in [2.75, 3.05) is 11.9 Å². The summed E-state index contributed by atoms with van der Waals surface area (Å²) in [6.07, 6.45) is 4.36.